The number of rotatable bonds is 4. The van der Waals surface area contributed by atoms with E-state index in [2.05, 4.69) is 0 Å². The van der Waals surface area contributed by atoms with Gasteiger partial charge in [0.15, 0.2) is 0 Å². The summed E-state index contributed by atoms with van der Waals surface area (Å²) in [5, 5.41) is 54.2. The molecule has 1 aromatic rings. The monoisotopic (exact) mass is 286 g/mol. The molecule has 0 aliphatic heterocycles. The Bertz CT molecular complexity index is 546. The zero-order valence-electron chi connectivity index (χ0n) is 9.32. The first kappa shape index (κ1) is 14.8. The third kappa shape index (κ3) is 2.05. The minimum Gasteiger partial charge on any atom is -0.506 e. The second-order valence-corrected chi connectivity index (χ2v) is 3.42. The van der Waals surface area contributed by atoms with E-state index in [1.807, 2.05) is 0 Å². The Hall–Kier alpha value is -3.30. The molecule has 0 saturated carbocycles. The van der Waals surface area contributed by atoms with Gasteiger partial charge in [-0.05, 0) is 0 Å². The molecular weight excluding hydrogens is 280 g/mol. The van der Waals surface area contributed by atoms with E-state index in [-0.39, 0.29) is 0 Å². The van der Waals surface area contributed by atoms with Gasteiger partial charge >= 0.3 is 23.9 Å². The summed E-state index contributed by atoms with van der Waals surface area (Å²) in [6.07, 6.45) is 0. The molecule has 0 spiro atoms. The van der Waals surface area contributed by atoms with Crippen molar-refractivity contribution in [2.45, 2.75) is 0 Å². The normalized spacial score (nSPS) is 10.0. The molecule has 0 aliphatic carbocycles. The van der Waals surface area contributed by atoms with Crippen LogP contribution in [-0.2, 0) is 0 Å². The Labute approximate surface area is 108 Å². The van der Waals surface area contributed by atoms with Crippen molar-refractivity contribution in [3.05, 3.63) is 22.3 Å². The highest BCUT2D eigenvalue weighted by atomic mass is 16.4. The summed E-state index contributed by atoms with van der Waals surface area (Å²) in [6, 6.07) is 0. The molecule has 0 unspecified atom stereocenters. The standard InChI is InChI=1S/C10H6O10/c11-5-1(7(13)14)2(8(15)16)6(12)4(10(19)20)3(5)9(17)18/h11-12H,(H,13,14)(H,15,16)(H,17,18)(H,19,20). The predicted molar refractivity (Wildman–Crippen MR) is 57.6 cm³/mol. The number of carboxylic acid groups (broad SMARTS) is 4. The molecule has 0 saturated heterocycles. The summed E-state index contributed by atoms with van der Waals surface area (Å²) >= 11 is 0. The maximum Gasteiger partial charge on any atom is 0.340 e. The van der Waals surface area contributed by atoms with Gasteiger partial charge in [-0.1, -0.05) is 0 Å². The van der Waals surface area contributed by atoms with Crippen molar-refractivity contribution in [1.29, 1.82) is 0 Å². The van der Waals surface area contributed by atoms with Gasteiger partial charge in [-0.2, -0.15) is 0 Å². The van der Waals surface area contributed by atoms with Crippen LogP contribution in [0.2, 0.25) is 0 Å². The largest absolute Gasteiger partial charge is 0.506 e. The molecule has 10 heteroatoms. The molecule has 0 fully saturated rings. The highest BCUT2D eigenvalue weighted by Crippen LogP contribution is 2.37. The maximum atomic E-state index is 10.9. The lowest BCUT2D eigenvalue weighted by molar-refractivity contribution is 0.0624. The average molecular weight is 286 g/mol. The first-order chi connectivity index (χ1) is 9.11. The number of aromatic carboxylic acids is 4. The van der Waals surface area contributed by atoms with Crippen LogP contribution in [0.25, 0.3) is 0 Å². The molecule has 20 heavy (non-hydrogen) atoms. The molecule has 0 radical (unpaired) electrons. The third-order valence-corrected chi connectivity index (χ3v) is 2.30. The van der Waals surface area contributed by atoms with Crippen molar-refractivity contribution in [3.63, 3.8) is 0 Å². The van der Waals surface area contributed by atoms with E-state index in [0.29, 0.717) is 0 Å². The number of carbonyl (C=O) groups is 4. The number of benzene rings is 1. The lowest BCUT2D eigenvalue weighted by atomic mass is 9.95. The van der Waals surface area contributed by atoms with Gasteiger partial charge in [0.2, 0.25) is 0 Å². The van der Waals surface area contributed by atoms with E-state index in [9.17, 15) is 29.4 Å². The van der Waals surface area contributed by atoms with Crippen LogP contribution >= 0.6 is 0 Å². The van der Waals surface area contributed by atoms with Crippen molar-refractivity contribution < 1.29 is 49.8 Å². The summed E-state index contributed by atoms with van der Waals surface area (Å²) in [7, 11) is 0. The zero-order chi connectivity index (χ0) is 15.8. The molecule has 0 aliphatic rings. The van der Waals surface area contributed by atoms with E-state index in [1.165, 1.54) is 0 Å². The fourth-order valence-electron chi connectivity index (χ4n) is 1.56. The molecule has 106 valence electrons. The van der Waals surface area contributed by atoms with Crippen molar-refractivity contribution >= 4 is 23.9 Å². The number of hydrogen-bond acceptors (Lipinski definition) is 6. The van der Waals surface area contributed by atoms with Crippen molar-refractivity contribution in [3.8, 4) is 11.5 Å². The molecule has 0 atom stereocenters. The van der Waals surface area contributed by atoms with Crippen LogP contribution in [0.15, 0.2) is 0 Å². The van der Waals surface area contributed by atoms with Gasteiger partial charge in [-0.3, -0.25) is 0 Å². The topological polar surface area (TPSA) is 190 Å². The van der Waals surface area contributed by atoms with Gasteiger partial charge < -0.3 is 30.6 Å². The Morgan fingerprint density at radius 1 is 0.500 bits per heavy atom. The smallest absolute Gasteiger partial charge is 0.340 e. The predicted octanol–water partition coefficient (Wildman–Crippen LogP) is -0.109. The summed E-state index contributed by atoms with van der Waals surface area (Å²) in [6.45, 7) is 0. The molecule has 1 aromatic carbocycles. The van der Waals surface area contributed by atoms with E-state index in [4.69, 9.17) is 20.4 Å². The first-order valence-electron chi connectivity index (χ1n) is 4.66. The summed E-state index contributed by atoms with van der Waals surface area (Å²) in [5.74, 6) is -11.3. The van der Waals surface area contributed by atoms with Crippen LogP contribution in [0.1, 0.15) is 41.4 Å². The molecule has 0 amide bonds. The second kappa shape index (κ2) is 4.76. The third-order valence-electron chi connectivity index (χ3n) is 2.30. The van der Waals surface area contributed by atoms with Gasteiger partial charge in [0.1, 0.15) is 33.8 Å². The molecule has 0 aromatic heterocycles. The Kier molecular flexibility index (Phi) is 3.51. The van der Waals surface area contributed by atoms with Crippen molar-refractivity contribution in [2.75, 3.05) is 0 Å². The first-order valence-corrected chi connectivity index (χ1v) is 4.66. The zero-order valence-corrected chi connectivity index (χ0v) is 9.32. The van der Waals surface area contributed by atoms with Crippen LogP contribution in [0.3, 0.4) is 0 Å². The minimum absolute atomic E-state index is 1.42. The molecule has 1 rings (SSSR count). The quantitative estimate of drug-likeness (QED) is 0.407. The summed E-state index contributed by atoms with van der Waals surface area (Å²) in [4.78, 5) is 43.5. The summed E-state index contributed by atoms with van der Waals surface area (Å²) in [5.41, 5.74) is -5.68. The second-order valence-electron chi connectivity index (χ2n) is 3.42. The van der Waals surface area contributed by atoms with Crippen LogP contribution in [-0.4, -0.2) is 54.5 Å². The number of phenols is 2. The van der Waals surface area contributed by atoms with Crippen LogP contribution in [0, 0.1) is 0 Å². The van der Waals surface area contributed by atoms with Crippen LogP contribution < -0.4 is 0 Å². The Morgan fingerprint density at radius 3 is 0.750 bits per heavy atom. The molecular formula is C10H6O10. The number of carboxylic acids is 4. The van der Waals surface area contributed by atoms with Gasteiger partial charge in [0.25, 0.3) is 0 Å². The van der Waals surface area contributed by atoms with Crippen LogP contribution in [0.4, 0.5) is 0 Å². The van der Waals surface area contributed by atoms with Gasteiger partial charge in [0.05, 0.1) is 0 Å². The van der Waals surface area contributed by atoms with E-state index >= 15 is 0 Å². The van der Waals surface area contributed by atoms with E-state index < -0.39 is 57.6 Å². The van der Waals surface area contributed by atoms with E-state index in [0.717, 1.165) is 0 Å². The lowest BCUT2D eigenvalue weighted by Crippen LogP contribution is -2.17. The van der Waals surface area contributed by atoms with Crippen molar-refractivity contribution in [2.24, 2.45) is 0 Å². The molecule has 10 nitrogen and oxygen atoms in total. The fraction of sp³-hybridized carbons (Fsp3) is 0. The summed E-state index contributed by atoms with van der Waals surface area (Å²) < 4.78 is 0. The number of hydrogen-bond donors (Lipinski definition) is 6. The van der Waals surface area contributed by atoms with Crippen LogP contribution in [0.5, 0.6) is 11.5 Å². The van der Waals surface area contributed by atoms with Gasteiger partial charge in [0, 0.05) is 0 Å². The highest BCUT2D eigenvalue weighted by molar-refractivity contribution is 6.14. The molecule has 0 bridgehead atoms. The Morgan fingerprint density at radius 2 is 0.650 bits per heavy atom. The molecule has 6 N–H and O–H groups in total. The SMILES string of the molecule is O=C(O)c1c(O)c(C(=O)O)c(C(=O)O)c(O)c1C(=O)O. The van der Waals surface area contributed by atoms with Gasteiger partial charge in [-0.25, -0.2) is 19.2 Å². The maximum absolute atomic E-state index is 10.9. The number of aromatic hydroxyl groups is 2. The molecule has 0 heterocycles. The van der Waals surface area contributed by atoms with E-state index in [1.54, 1.807) is 0 Å². The fourth-order valence-corrected chi connectivity index (χ4v) is 1.56. The van der Waals surface area contributed by atoms with Gasteiger partial charge in [-0.15, -0.1) is 0 Å². The lowest BCUT2D eigenvalue weighted by Gasteiger charge is -2.13. The minimum atomic E-state index is -2.05. The Balaban J connectivity index is 4.10. The van der Waals surface area contributed by atoms with Crippen molar-refractivity contribution in [1.82, 2.24) is 0 Å². The highest BCUT2D eigenvalue weighted by Gasteiger charge is 2.36. The average Bonchev–Trinajstić information content (AvgIpc) is 2.28.